The molecule has 3 heterocycles. The first-order chi connectivity index (χ1) is 28.2. The number of benzene rings is 4. The standard InChI is InChI=1S/C37H35N4O.C13H24O2.Ir/c1-21(2)17-26-19-27(18-25-9-7-8-10-29(25)26)33-35-31(15-16-38-33)30-14-12-24-11-13-28(20-32(24)34(30)42-35)41-36(22(3)4)39-40-37(41)23(5)6;1-5-10(6-2)12(14)9-13(15)11(7-3)8-4;/h7-16,19-23H,17H2,1-6H3;9-11,14H,5-8H2,1-4H3;/q-1;;/b;12-9-;/i17D2;;. The molecule has 1 radical (unpaired) electrons. The average molecular weight is 958 g/mol. The Hall–Kier alpha value is -4.65. The summed E-state index contributed by atoms with van der Waals surface area (Å²) in [6.45, 7) is 20.5. The van der Waals surface area contributed by atoms with E-state index in [1.54, 1.807) is 6.20 Å². The number of rotatable bonds is 13. The van der Waals surface area contributed by atoms with E-state index < -0.39 is 6.37 Å². The minimum Gasteiger partial charge on any atom is -0.512 e. The summed E-state index contributed by atoms with van der Waals surface area (Å²) in [5.41, 5.74) is 4.46. The van der Waals surface area contributed by atoms with Crippen LogP contribution in [0, 0.1) is 23.8 Å². The Bertz CT molecular complexity index is 2610. The van der Waals surface area contributed by atoms with Crippen LogP contribution in [0.25, 0.3) is 60.4 Å². The normalized spacial score (nSPS) is 12.9. The van der Waals surface area contributed by atoms with Crippen molar-refractivity contribution in [2.75, 3.05) is 0 Å². The molecule has 0 aliphatic carbocycles. The van der Waals surface area contributed by atoms with Crippen LogP contribution in [0.5, 0.6) is 0 Å². The fourth-order valence-electron chi connectivity index (χ4n) is 7.69. The van der Waals surface area contributed by atoms with Gasteiger partial charge >= 0.3 is 0 Å². The summed E-state index contributed by atoms with van der Waals surface area (Å²) in [4.78, 5) is 16.5. The van der Waals surface area contributed by atoms with Gasteiger partial charge in [0.2, 0.25) is 0 Å². The van der Waals surface area contributed by atoms with Gasteiger partial charge in [-0.15, -0.1) is 39.3 Å². The smallest absolute Gasteiger partial charge is 0.162 e. The van der Waals surface area contributed by atoms with Crippen LogP contribution in [-0.4, -0.2) is 30.6 Å². The Morgan fingerprint density at radius 3 is 2.03 bits per heavy atom. The van der Waals surface area contributed by atoms with Gasteiger partial charge in [-0.3, -0.25) is 14.3 Å². The number of hydrogen-bond acceptors (Lipinski definition) is 6. The van der Waals surface area contributed by atoms with Gasteiger partial charge in [-0.25, -0.2) is 0 Å². The molecule has 0 aliphatic rings. The summed E-state index contributed by atoms with van der Waals surface area (Å²) in [6, 6.07) is 25.9. The maximum atomic E-state index is 11.7. The minimum atomic E-state index is -1.54. The van der Waals surface area contributed by atoms with Crippen LogP contribution >= 0.6 is 0 Å². The second-order valence-electron chi connectivity index (χ2n) is 16.0. The third kappa shape index (κ3) is 9.14. The molecule has 0 saturated heterocycles. The van der Waals surface area contributed by atoms with E-state index in [2.05, 4.69) is 78.9 Å². The predicted molar refractivity (Wildman–Crippen MR) is 236 cm³/mol. The van der Waals surface area contributed by atoms with Crippen LogP contribution in [0.1, 0.15) is 127 Å². The fourth-order valence-corrected chi connectivity index (χ4v) is 7.69. The second-order valence-corrected chi connectivity index (χ2v) is 16.0. The zero-order valence-electron chi connectivity index (χ0n) is 37.6. The average Bonchev–Trinajstić information content (AvgIpc) is 3.85. The molecule has 0 fully saturated rings. The topological polar surface area (TPSA) is 94.0 Å². The molecule has 58 heavy (non-hydrogen) atoms. The van der Waals surface area contributed by atoms with Crippen molar-refractivity contribution < 1.29 is 37.2 Å². The largest absolute Gasteiger partial charge is 0.512 e. The molecule has 7 nitrogen and oxygen atoms in total. The predicted octanol–water partition coefficient (Wildman–Crippen LogP) is 13.6. The van der Waals surface area contributed by atoms with E-state index in [1.165, 1.54) is 6.08 Å². The van der Waals surface area contributed by atoms with E-state index in [0.29, 0.717) is 22.4 Å². The second kappa shape index (κ2) is 19.4. The molecule has 7 aromatic rings. The van der Waals surface area contributed by atoms with Crippen LogP contribution in [0.4, 0.5) is 0 Å². The number of aliphatic hydroxyl groups is 1. The monoisotopic (exact) mass is 958 g/mol. The molecule has 0 unspecified atom stereocenters. The molecule has 0 aliphatic heterocycles. The van der Waals surface area contributed by atoms with Gasteiger partial charge < -0.3 is 9.52 Å². The summed E-state index contributed by atoms with van der Waals surface area (Å²) in [5, 5.41) is 24.6. The van der Waals surface area contributed by atoms with E-state index in [4.69, 9.17) is 12.1 Å². The Morgan fingerprint density at radius 2 is 1.41 bits per heavy atom. The third-order valence-electron chi connectivity index (χ3n) is 10.9. The molecular weight excluding hydrogens is 897 g/mol. The maximum Gasteiger partial charge on any atom is 0.162 e. The van der Waals surface area contributed by atoms with Crippen molar-refractivity contribution in [1.82, 2.24) is 19.7 Å². The van der Waals surface area contributed by atoms with E-state index in [1.807, 2.05) is 77.9 Å². The van der Waals surface area contributed by atoms with Gasteiger partial charge in [0.25, 0.3) is 0 Å². The fraction of sp³-hybridized carbons (Fsp3) is 0.400. The van der Waals surface area contributed by atoms with Crippen molar-refractivity contribution in [3.05, 3.63) is 108 Å². The molecule has 0 bridgehead atoms. The first-order valence-electron chi connectivity index (χ1n) is 21.8. The maximum absolute atomic E-state index is 11.7. The van der Waals surface area contributed by atoms with Gasteiger partial charge in [0, 0.05) is 86.3 Å². The number of ketones is 1. The molecule has 1 N–H and O–H groups in total. The van der Waals surface area contributed by atoms with Crippen molar-refractivity contribution in [2.45, 2.75) is 113 Å². The number of carbonyl (C=O) groups is 1. The molecule has 0 atom stereocenters. The third-order valence-corrected chi connectivity index (χ3v) is 10.9. The summed E-state index contributed by atoms with van der Waals surface area (Å²) in [7, 11) is 0. The van der Waals surface area contributed by atoms with Gasteiger partial charge in [0.1, 0.15) is 22.8 Å². The summed E-state index contributed by atoms with van der Waals surface area (Å²) < 4.78 is 26.9. The number of carbonyl (C=O) groups excluding carboxylic acids is 1. The van der Waals surface area contributed by atoms with Crippen molar-refractivity contribution in [3.8, 4) is 16.9 Å². The van der Waals surface area contributed by atoms with Crippen LogP contribution in [0.3, 0.4) is 0 Å². The van der Waals surface area contributed by atoms with Crippen molar-refractivity contribution in [2.24, 2.45) is 17.8 Å². The molecule has 3 aromatic heterocycles. The van der Waals surface area contributed by atoms with Gasteiger partial charge in [-0.1, -0.05) is 111 Å². The molecule has 4 aromatic carbocycles. The van der Waals surface area contributed by atoms with E-state index >= 15 is 0 Å². The quantitative estimate of drug-likeness (QED) is 0.0703. The molecular formula is C50H59IrN4O3-. The number of pyridine rings is 1. The molecule has 0 saturated carbocycles. The van der Waals surface area contributed by atoms with Gasteiger partial charge in [0.05, 0.1) is 5.76 Å². The van der Waals surface area contributed by atoms with E-state index in [-0.39, 0.29) is 61.2 Å². The summed E-state index contributed by atoms with van der Waals surface area (Å²) in [6.07, 6.45) is 5.17. The Morgan fingerprint density at radius 1 is 0.793 bits per heavy atom. The first-order valence-corrected chi connectivity index (χ1v) is 20.8. The number of furan rings is 1. The van der Waals surface area contributed by atoms with Crippen molar-refractivity contribution >= 4 is 49.3 Å². The van der Waals surface area contributed by atoms with Crippen LogP contribution < -0.4 is 0 Å². The molecule has 307 valence electrons. The summed E-state index contributed by atoms with van der Waals surface area (Å²) in [5.74, 6) is 2.62. The van der Waals surface area contributed by atoms with Crippen molar-refractivity contribution in [1.29, 1.82) is 0 Å². The zero-order chi connectivity index (χ0) is 42.8. The summed E-state index contributed by atoms with van der Waals surface area (Å²) >= 11 is 0. The van der Waals surface area contributed by atoms with Gasteiger partial charge in [-0.2, -0.15) is 0 Å². The molecule has 0 amide bonds. The Balaban J connectivity index is 0.000000367. The van der Waals surface area contributed by atoms with Gasteiger partial charge in [0.15, 0.2) is 5.78 Å². The number of nitrogens with zero attached hydrogens (tertiary/aromatic N) is 4. The number of aromatic nitrogens is 4. The number of hydrogen-bond donors (Lipinski definition) is 1. The Labute approximate surface area is 360 Å². The molecule has 7 rings (SSSR count). The van der Waals surface area contributed by atoms with Gasteiger partial charge in [-0.05, 0) is 67.6 Å². The van der Waals surface area contributed by atoms with Crippen LogP contribution in [0.15, 0.2) is 89.2 Å². The van der Waals surface area contributed by atoms with E-state index in [0.717, 1.165) is 80.9 Å². The van der Waals surface area contributed by atoms with E-state index in [9.17, 15) is 9.90 Å². The number of aliphatic hydroxyl groups excluding tert-OH is 1. The van der Waals surface area contributed by atoms with Crippen LogP contribution in [0.2, 0.25) is 0 Å². The SMILES string of the molecule is CCC(CC)C(=O)/C=C(\O)C(CC)CC.[2H]C([2H])(c1cc(-c2nccc3c2oc2c4cc(-n5c(C(C)C)nnc5C(C)C)ccc4ccc32)[c-]c2ccccc12)C(C)C.[Ir]. The van der Waals surface area contributed by atoms with Crippen LogP contribution in [-0.2, 0) is 31.3 Å². The first kappa shape index (κ1) is 41.5. The number of allylic oxidation sites excluding steroid dienone is 2. The van der Waals surface area contributed by atoms with Crippen molar-refractivity contribution in [3.63, 3.8) is 0 Å². The minimum absolute atomic E-state index is 0. The number of fused-ring (bicyclic) bond motifs is 6. The molecule has 8 heteroatoms. The zero-order valence-corrected chi connectivity index (χ0v) is 38.0. The Kier molecular flexibility index (Phi) is 13.9. The molecule has 0 spiro atoms.